The number of aryl methyl sites for hydroxylation is 1. The molecule has 0 aliphatic carbocycles. The van der Waals surface area contributed by atoms with Gasteiger partial charge in [-0.05, 0) is 30.4 Å². The van der Waals surface area contributed by atoms with Gasteiger partial charge in [0, 0.05) is 42.1 Å². The van der Waals surface area contributed by atoms with Crippen molar-refractivity contribution in [2.24, 2.45) is 0 Å². The highest BCUT2D eigenvalue weighted by atomic mass is 32.1. The molecular weight excluding hydrogens is 398 g/mol. The van der Waals surface area contributed by atoms with Crippen molar-refractivity contribution in [3.05, 3.63) is 75.2 Å². The molecular formula is C23H25N3O3S. The molecule has 156 valence electrons. The van der Waals surface area contributed by atoms with Crippen molar-refractivity contribution in [1.29, 1.82) is 0 Å². The first-order valence-corrected chi connectivity index (χ1v) is 11.1. The Balaban J connectivity index is 1.54. The Labute approximate surface area is 180 Å². The number of rotatable bonds is 7. The van der Waals surface area contributed by atoms with Crippen LogP contribution in [0, 0.1) is 0 Å². The Hall–Kier alpha value is -2.93. The maximum Gasteiger partial charge on any atom is 0.359 e. The molecule has 1 amide bonds. The normalized spacial score (nSPS) is 13.2. The molecule has 1 aliphatic rings. The van der Waals surface area contributed by atoms with Crippen molar-refractivity contribution in [3.63, 3.8) is 0 Å². The van der Waals surface area contributed by atoms with E-state index < -0.39 is 5.97 Å². The molecule has 0 saturated carbocycles. The number of ether oxygens (including phenoxy) is 1. The first-order valence-electron chi connectivity index (χ1n) is 10.3. The van der Waals surface area contributed by atoms with Gasteiger partial charge in [0.25, 0.3) is 0 Å². The predicted molar refractivity (Wildman–Crippen MR) is 115 cm³/mol. The predicted octanol–water partition coefficient (Wildman–Crippen LogP) is 3.69. The van der Waals surface area contributed by atoms with Gasteiger partial charge >= 0.3 is 5.97 Å². The van der Waals surface area contributed by atoms with E-state index in [1.807, 2.05) is 51.4 Å². The van der Waals surface area contributed by atoms with Crippen molar-refractivity contribution in [1.82, 2.24) is 14.7 Å². The monoisotopic (exact) mass is 423 g/mol. The van der Waals surface area contributed by atoms with E-state index in [1.54, 1.807) is 18.3 Å². The molecule has 4 rings (SSSR count). The number of thiophene rings is 1. The van der Waals surface area contributed by atoms with Gasteiger partial charge in [0.05, 0.1) is 13.2 Å². The lowest BCUT2D eigenvalue weighted by molar-refractivity contribution is -0.132. The molecule has 2 aromatic heterocycles. The van der Waals surface area contributed by atoms with Crippen LogP contribution >= 0.6 is 11.3 Å². The summed E-state index contributed by atoms with van der Waals surface area (Å²) in [5.41, 5.74) is 3.29. The second kappa shape index (κ2) is 9.26. The van der Waals surface area contributed by atoms with Crippen molar-refractivity contribution in [2.45, 2.75) is 39.3 Å². The van der Waals surface area contributed by atoms with Crippen LogP contribution in [-0.4, -0.2) is 39.7 Å². The van der Waals surface area contributed by atoms with Crippen molar-refractivity contribution in [2.75, 3.05) is 13.2 Å². The van der Waals surface area contributed by atoms with Gasteiger partial charge in [-0.1, -0.05) is 36.4 Å². The van der Waals surface area contributed by atoms with E-state index in [2.05, 4.69) is 11.2 Å². The Morgan fingerprint density at radius 3 is 2.73 bits per heavy atom. The highest BCUT2D eigenvalue weighted by molar-refractivity contribution is 7.09. The third-order valence-corrected chi connectivity index (χ3v) is 6.23. The van der Waals surface area contributed by atoms with Gasteiger partial charge in [-0.3, -0.25) is 9.48 Å². The smallest absolute Gasteiger partial charge is 0.359 e. The van der Waals surface area contributed by atoms with E-state index >= 15 is 0 Å². The zero-order valence-corrected chi connectivity index (χ0v) is 17.9. The minimum absolute atomic E-state index is 0.111. The molecule has 0 unspecified atom stereocenters. The average Bonchev–Trinajstić information content (AvgIpc) is 3.41. The Bertz CT molecular complexity index is 1010. The van der Waals surface area contributed by atoms with Gasteiger partial charge in [0.1, 0.15) is 0 Å². The lowest BCUT2D eigenvalue weighted by Crippen LogP contribution is -2.37. The van der Waals surface area contributed by atoms with Crippen LogP contribution in [0.1, 0.15) is 45.5 Å². The van der Waals surface area contributed by atoms with Gasteiger partial charge in [0.2, 0.25) is 5.91 Å². The highest BCUT2D eigenvalue weighted by Gasteiger charge is 2.30. The maximum absolute atomic E-state index is 12.8. The number of aromatic nitrogens is 2. The van der Waals surface area contributed by atoms with Crippen LogP contribution in [0.25, 0.3) is 0 Å². The SMILES string of the molecule is CCOC(=O)c1nn(Cc2ccccc2)c2c1CN(C(=O)CCc1cccs1)CC2. The molecule has 0 radical (unpaired) electrons. The van der Waals surface area contributed by atoms with Gasteiger partial charge in [-0.15, -0.1) is 11.3 Å². The summed E-state index contributed by atoms with van der Waals surface area (Å²) in [4.78, 5) is 28.4. The van der Waals surface area contributed by atoms with Gasteiger partial charge < -0.3 is 9.64 Å². The molecule has 0 bridgehead atoms. The van der Waals surface area contributed by atoms with E-state index in [4.69, 9.17) is 4.74 Å². The zero-order valence-electron chi connectivity index (χ0n) is 17.0. The van der Waals surface area contributed by atoms with E-state index in [0.717, 1.165) is 23.2 Å². The summed E-state index contributed by atoms with van der Waals surface area (Å²) in [7, 11) is 0. The number of fused-ring (bicyclic) bond motifs is 1. The van der Waals surface area contributed by atoms with E-state index in [1.165, 1.54) is 4.88 Å². The third kappa shape index (κ3) is 4.46. The van der Waals surface area contributed by atoms with Crippen LogP contribution in [-0.2, 0) is 35.5 Å². The zero-order chi connectivity index (χ0) is 20.9. The average molecular weight is 424 g/mol. The largest absolute Gasteiger partial charge is 0.461 e. The molecule has 7 heteroatoms. The second-order valence-electron chi connectivity index (χ2n) is 7.28. The summed E-state index contributed by atoms with van der Waals surface area (Å²) in [6.07, 6.45) is 1.90. The van der Waals surface area contributed by atoms with Gasteiger partial charge in [0.15, 0.2) is 5.69 Å². The standard InChI is InChI=1S/C23H25N3O3S/c1-2-29-23(28)22-19-16-25(21(27)11-10-18-9-6-14-30-18)13-12-20(19)26(24-22)15-17-7-4-3-5-8-17/h3-9,14H,2,10-13,15-16H2,1H3. The quantitative estimate of drug-likeness (QED) is 0.544. The first kappa shape index (κ1) is 20.3. The summed E-state index contributed by atoms with van der Waals surface area (Å²) >= 11 is 1.67. The molecule has 0 saturated heterocycles. The van der Waals surface area contributed by atoms with Gasteiger partial charge in [-0.2, -0.15) is 5.10 Å². The fourth-order valence-corrected chi connectivity index (χ4v) is 4.51. The van der Waals surface area contributed by atoms with Crippen molar-refractivity contribution < 1.29 is 14.3 Å². The Kier molecular flexibility index (Phi) is 6.28. The van der Waals surface area contributed by atoms with Crippen molar-refractivity contribution in [3.8, 4) is 0 Å². The molecule has 3 heterocycles. The molecule has 1 aromatic carbocycles. The van der Waals surface area contributed by atoms with Crippen LogP contribution in [0.4, 0.5) is 0 Å². The van der Waals surface area contributed by atoms with Crippen LogP contribution in [0.15, 0.2) is 47.8 Å². The maximum atomic E-state index is 12.8. The summed E-state index contributed by atoms with van der Waals surface area (Å²) in [5.74, 6) is -0.312. The summed E-state index contributed by atoms with van der Waals surface area (Å²) in [5, 5.41) is 6.62. The number of esters is 1. The minimum atomic E-state index is -0.423. The van der Waals surface area contributed by atoms with E-state index in [0.29, 0.717) is 44.8 Å². The lowest BCUT2D eigenvalue weighted by atomic mass is 10.0. The number of carbonyl (C=O) groups is 2. The molecule has 0 fully saturated rings. The Morgan fingerprint density at radius 2 is 2.00 bits per heavy atom. The minimum Gasteiger partial charge on any atom is -0.461 e. The molecule has 0 atom stereocenters. The number of benzene rings is 1. The fraction of sp³-hybridized carbons (Fsp3) is 0.348. The van der Waals surface area contributed by atoms with Gasteiger partial charge in [-0.25, -0.2) is 4.79 Å². The fourth-order valence-electron chi connectivity index (χ4n) is 3.80. The topological polar surface area (TPSA) is 64.4 Å². The van der Waals surface area contributed by atoms with E-state index in [-0.39, 0.29) is 5.91 Å². The van der Waals surface area contributed by atoms with E-state index in [9.17, 15) is 9.59 Å². The number of hydrogen-bond donors (Lipinski definition) is 0. The number of amides is 1. The highest BCUT2D eigenvalue weighted by Crippen LogP contribution is 2.25. The molecule has 0 spiro atoms. The molecule has 3 aromatic rings. The molecule has 0 N–H and O–H groups in total. The van der Waals surface area contributed by atoms with Crippen LogP contribution in [0.2, 0.25) is 0 Å². The second-order valence-corrected chi connectivity index (χ2v) is 8.31. The lowest BCUT2D eigenvalue weighted by Gasteiger charge is -2.28. The number of nitrogens with zero attached hydrogens (tertiary/aromatic N) is 3. The summed E-state index contributed by atoms with van der Waals surface area (Å²) in [6.45, 7) is 3.71. The molecule has 1 aliphatic heterocycles. The summed E-state index contributed by atoms with van der Waals surface area (Å²) < 4.78 is 7.13. The molecule has 30 heavy (non-hydrogen) atoms. The number of carbonyl (C=O) groups excluding carboxylic acids is 2. The van der Waals surface area contributed by atoms with Crippen LogP contribution < -0.4 is 0 Å². The summed E-state index contributed by atoms with van der Waals surface area (Å²) in [6, 6.07) is 14.1. The van der Waals surface area contributed by atoms with Crippen LogP contribution in [0.3, 0.4) is 0 Å². The number of hydrogen-bond acceptors (Lipinski definition) is 5. The van der Waals surface area contributed by atoms with Crippen LogP contribution in [0.5, 0.6) is 0 Å². The van der Waals surface area contributed by atoms with Crippen molar-refractivity contribution >= 4 is 23.2 Å². The third-order valence-electron chi connectivity index (χ3n) is 5.30. The Morgan fingerprint density at radius 1 is 1.17 bits per heavy atom. The molecule has 6 nitrogen and oxygen atoms in total. The first-order chi connectivity index (χ1) is 14.7.